The highest BCUT2D eigenvalue weighted by molar-refractivity contribution is 5.98. The number of hydrogen-bond acceptors (Lipinski definition) is 6. The first-order chi connectivity index (χ1) is 13.5. The average Bonchev–Trinajstić information content (AvgIpc) is 3.22. The van der Waals surface area contributed by atoms with E-state index in [2.05, 4.69) is 5.32 Å². The number of esters is 1. The van der Waals surface area contributed by atoms with Gasteiger partial charge in [-0.25, -0.2) is 0 Å². The van der Waals surface area contributed by atoms with Crippen molar-refractivity contribution in [2.45, 2.75) is 83.7 Å². The van der Waals surface area contributed by atoms with Crippen molar-refractivity contribution in [2.24, 2.45) is 17.8 Å². The lowest BCUT2D eigenvalue weighted by atomic mass is 9.70. The molecule has 2 N–H and O–H groups in total. The summed E-state index contributed by atoms with van der Waals surface area (Å²) in [6.45, 7) is 11.1. The zero-order valence-corrected chi connectivity index (χ0v) is 18.2. The molecule has 29 heavy (non-hydrogen) atoms. The van der Waals surface area contributed by atoms with Gasteiger partial charge in [0.25, 0.3) is 0 Å². The third-order valence-electron chi connectivity index (χ3n) is 6.36. The van der Waals surface area contributed by atoms with E-state index in [1.807, 2.05) is 34.6 Å². The van der Waals surface area contributed by atoms with Crippen molar-refractivity contribution in [1.82, 2.24) is 10.2 Å². The third kappa shape index (κ3) is 3.44. The van der Waals surface area contributed by atoms with Crippen molar-refractivity contribution in [3.05, 3.63) is 0 Å². The molecule has 0 radical (unpaired) electrons. The zero-order valence-electron chi connectivity index (χ0n) is 18.2. The van der Waals surface area contributed by atoms with Gasteiger partial charge in [-0.05, 0) is 46.5 Å². The minimum absolute atomic E-state index is 0.0673. The van der Waals surface area contributed by atoms with Gasteiger partial charge >= 0.3 is 5.97 Å². The van der Waals surface area contributed by atoms with Gasteiger partial charge in [-0.3, -0.25) is 14.4 Å². The molecule has 3 fully saturated rings. The van der Waals surface area contributed by atoms with Gasteiger partial charge in [-0.2, -0.15) is 0 Å². The quantitative estimate of drug-likeness (QED) is 0.629. The van der Waals surface area contributed by atoms with Crippen molar-refractivity contribution >= 4 is 17.8 Å². The number of aliphatic hydroxyl groups excluding tert-OH is 1. The first-order valence-corrected chi connectivity index (χ1v) is 10.6. The van der Waals surface area contributed by atoms with Gasteiger partial charge in [0.05, 0.1) is 37.2 Å². The van der Waals surface area contributed by atoms with Gasteiger partial charge in [0.1, 0.15) is 11.6 Å². The van der Waals surface area contributed by atoms with Gasteiger partial charge in [0.2, 0.25) is 11.8 Å². The normalized spacial score (nSPS) is 34.5. The Labute approximate surface area is 172 Å². The minimum Gasteiger partial charge on any atom is -0.466 e. The summed E-state index contributed by atoms with van der Waals surface area (Å²) in [4.78, 5) is 41.2. The number of hydrogen-bond donors (Lipinski definition) is 2. The number of carbonyl (C=O) groups excluding carboxylic acids is 3. The summed E-state index contributed by atoms with van der Waals surface area (Å²) in [5.74, 6) is -2.59. The molecule has 3 aliphatic heterocycles. The minimum atomic E-state index is -1.06. The fraction of sp³-hybridized carbons (Fsp3) is 0.857. The van der Waals surface area contributed by atoms with Gasteiger partial charge < -0.3 is 24.8 Å². The molecular weight excluding hydrogens is 376 g/mol. The zero-order chi connectivity index (χ0) is 21.7. The highest BCUT2D eigenvalue weighted by atomic mass is 16.6. The fourth-order valence-corrected chi connectivity index (χ4v) is 5.31. The predicted octanol–water partition coefficient (Wildman–Crippen LogP) is 0.856. The Bertz CT molecular complexity index is 687. The van der Waals surface area contributed by atoms with Crippen molar-refractivity contribution < 1.29 is 29.0 Å². The van der Waals surface area contributed by atoms with Crippen LogP contribution in [0.15, 0.2) is 0 Å². The Morgan fingerprint density at radius 2 is 2.03 bits per heavy atom. The first kappa shape index (κ1) is 22.0. The second-order valence-electron chi connectivity index (χ2n) is 9.79. The lowest BCUT2D eigenvalue weighted by molar-refractivity contribution is -0.155. The Morgan fingerprint density at radius 1 is 1.38 bits per heavy atom. The molecule has 1 spiro atoms. The van der Waals surface area contributed by atoms with Crippen molar-refractivity contribution in [3.63, 3.8) is 0 Å². The van der Waals surface area contributed by atoms with Crippen LogP contribution in [0.4, 0.5) is 0 Å². The van der Waals surface area contributed by atoms with E-state index in [0.717, 1.165) is 0 Å². The number of fused-ring (bicyclic) bond motifs is 1. The molecule has 6 atom stereocenters. The van der Waals surface area contributed by atoms with Gasteiger partial charge in [0, 0.05) is 5.54 Å². The van der Waals surface area contributed by atoms with Crippen molar-refractivity contribution in [2.75, 3.05) is 13.2 Å². The van der Waals surface area contributed by atoms with E-state index in [9.17, 15) is 19.5 Å². The molecular formula is C21H34N2O6. The number of rotatable bonds is 6. The summed E-state index contributed by atoms with van der Waals surface area (Å²) in [6, 6.07) is -1.42. The summed E-state index contributed by atoms with van der Waals surface area (Å²) < 4.78 is 11.5. The van der Waals surface area contributed by atoms with Crippen LogP contribution in [0, 0.1) is 17.8 Å². The molecule has 3 aliphatic rings. The molecule has 3 heterocycles. The standard InChI is InChI=1S/C21H34N2O6/c1-7-28-19(27)14-13-8-9-21(29-13)15(14)18(26)23(12(10-24)11(2)3)16(21)17(25)22-20(4,5)6/h11-16,24H,7-10H2,1-6H3,(H,22,25)/t12-,13+,14-,15-,16+,21-/m0/s1. The molecule has 0 aromatic carbocycles. The van der Waals surface area contributed by atoms with Crippen LogP contribution in [0.1, 0.15) is 54.4 Å². The van der Waals surface area contributed by atoms with Crippen LogP contribution in [-0.4, -0.2) is 70.3 Å². The third-order valence-corrected chi connectivity index (χ3v) is 6.36. The Kier molecular flexibility index (Phi) is 5.73. The van der Waals surface area contributed by atoms with Gasteiger partial charge in [-0.1, -0.05) is 13.8 Å². The molecule has 0 unspecified atom stereocenters. The largest absolute Gasteiger partial charge is 0.466 e. The number of nitrogens with zero attached hydrogens (tertiary/aromatic N) is 1. The molecule has 8 nitrogen and oxygen atoms in total. The summed E-state index contributed by atoms with van der Waals surface area (Å²) >= 11 is 0. The number of amides is 2. The Morgan fingerprint density at radius 3 is 2.55 bits per heavy atom. The average molecular weight is 411 g/mol. The number of likely N-dealkylation sites (tertiary alicyclic amines) is 1. The fourth-order valence-electron chi connectivity index (χ4n) is 5.31. The summed E-state index contributed by atoms with van der Waals surface area (Å²) in [6.07, 6.45) is 0.715. The number of aliphatic hydroxyl groups is 1. The van der Waals surface area contributed by atoms with E-state index in [1.165, 1.54) is 4.90 Å². The van der Waals surface area contributed by atoms with Gasteiger partial charge in [0.15, 0.2) is 0 Å². The molecule has 0 aromatic rings. The van der Waals surface area contributed by atoms with E-state index in [4.69, 9.17) is 9.47 Å². The Balaban J connectivity index is 2.07. The summed E-state index contributed by atoms with van der Waals surface area (Å²) in [5.41, 5.74) is -1.55. The van der Waals surface area contributed by atoms with Crippen LogP contribution in [0.5, 0.6) is 0 Å². The van der Waals surface area contributed by atoms with Crippen LogP contribution in [0.25, 0.3) is 0 Å². The molecule has 164 valence electrons. The van der Waals surface area contributed by atoms with Crippen LogP contribution in [-0.2, 0) is 23.9 Å². The first-order valence-electron chi connectivity index (χ1n) is 10.6. The summed E-state index contributed by atoms with van der Waals surface area (Å²) in [7, 11) is 0. The molecule has 2 amide bonds. The number of nitrogens with one attached hydrogen (secondary N) is 1. The molecule has 8 heteroatoms. The maximum atomic E-state index is 13.6. The molecule has 0 saturated carbocycles. The van der Waals surface area contributed by atoms with Gasteiger partial charge in [-0.15, -0.1) is 0 Å². The Hall–Kier alpha value is -1.67. The van der Waals surface area contributed by atoms with Crippen LogP contribution < -0.4 is 5.32 Å². The molecule has 3 rings (SSSR count). The second kappa shape index (κ2) is 7.54. The maximum absolute atomic E-state index is 13.6. The van der Waals surface area contributed by atoms with Crippen LogP contribution >= 0.6 is 0 Å². The van der Waals surface area contributed by atoms with Crippen molar-refractivity contribution in [1.29, 1.82) is 0 Å². The second-order valence-corrected chi connectivity index (χ2v) is 9.79. The highest BCUT2D eigenvalue weighted by Gasteiger charge is 2.75. The molecule has 0 aromatic heterocycles. The highest BCUT2D eigenvalue weighted by Crippen LogP contribution is 2.59. The maximum Gasteiger partial charge on any atom is 0.312 e. The topological polar surface area (TPSA) is 105 Å². The molecule has 2 bridgehead atoms. The molecule has 3 saturated heterocycles. The smallest absolute Gasteiger partial charge is 0.312 e. The van der Waals surface area contributed by atoms with Crippen molar-refractivity contribution in [3.8, 4) is 0 Å². The van der Waals surface area contributed by atoms with Crippen LogP contribution in [0.3, 0.4) is 0 Å². The van der Waals surface area contributed by atoms with E-state index in [0.29, 0.717) is 12.8 Å². The monoisotopic (exact) mass is 410 g/mol. The van der Waals surface area contributed by atoms with Crippen LogP contribution in [0.2, 0.25) is 0 Å². The lowest BCUT2D eigenvalue weighted by Crippen LogP contribution is -2.61. The van der Waals surface area contributed by atoms with E-state index < -0.39 is 47.1 Å². The number of carbonyl (C=O) groups is 3. The predicted molar refractivity (Wildman–Crippen MR) is 105 cm³/mol. The summed E-state index contributed by atoms with van der Waals surface area (Å²) in [5, 5.41) is 13.0. The lowest BCUT2D eigenvalue weighted by Gasteiger charge is -2.39. The molecule has 0 aliphatic carbocycles. The van der Waals surface area contributed by atoms with E-state index >= 15 is 0 Å². The SMILES string of the molecule is CCOC(=O)[C@@H]1[C@H]2C(=O)N([C@@H](CO)C(C)C)[C@H](C(=O)NC(C)(C)C)[C@]23CC[C@H]1O3. The number of ether oxygens (including phenoxy) is 2. The van der Waals surface area contributed by atoms with E-state index in [-0.39, 0.29) is 30.9 Å². The van der Waals surface area contributed by atoms with E-state index in [1.54, 1.807) is 6.92 Å².